The highest BCUT2D eigenvalue weighted by Crippen LogP contribution is 2.51. The molecule has 0 spiro atoms. The van der Waals surface area contributed by atoms with Crippen LogP contribution in [0.5, 0.6) is 0 Å². The van der Waals surface area contributed by atoms with Crippen molar-refractivity contribution in [2.24, 2.45) is 0 Å². The van der Waals surface area contributed by atoms with Crippen molar-refractivity contribution >= 4 is 20.5 Å². The van der Waals surface area contributed by atoms with Gasteiger partial charge in [0.1, 0.15) is 5.04 Å². The van der Waals surface area contributed by atoms with Crippen molar-refractivity contribution in [2.75, 3.05) is 13.2 Å². The predicted octanol–water partition coefficient (Wildman–Crippen LogP) is 2.15. The van der Waals surface area contributed by atoms with Crippen LogP contribution in [0.4, 0.5) is 0 Å². The Balaban J connectivity index is 3.15. The molecule has 1 aliphatic heterocycles. The van der Waals surface area contributed by atoms with Crippen molar-refractivity contribution in [3.05, 3.63) is 0 Å². The first-order chi connectivity index (χ1) is 8.45. The molecule has 0 aromatic carbocycles. The molecule has 0 N–H and O–H groups in total. The van der Waals surface area contributed by atoms with Crippen molar-refractivity contribution < 1.29 is 23.2 Å². The zero-order valence-corrected chi connectivity index (χ0v) is 12.6. The van der Waals surface area contributed by atoms with E-state index in [1.54, 1.807) is 0 Å². The summed E-state index contributed by atoms with van der Waals surface area (Å²) in [5, 5.41) is -0.884. The molecule has 1 unspecified atom stereocenters. The Labute approximate surface area is 109 Å². The Morgan fingerprint density at radius 3 is 2.11 bits per heavy atom. The molecule has 1 fully saturated rings. The average Bonchev–Trinajstić information content (AvgIpc) is 2.56. The van der Waals surface area contributed by atoms with Crippen LogP contribution in [-0.4, -0.2) is 33.7 Å². The van der Waals surface area contributed by atoms with Crippen LogP contribution >= 0.6 is 0 Å². The average molecular weight is 274 g/mol. The topological polar surface area (TPSA) is 61.8 Å². The van der Waals surface area contributed by atoms with E-state index >= 15 is 0 Å². The summed E-state index contributed by atoms with van der Waals surface area (Å²) in [6.45, 7) is 8.50. The van der Waals surface area contributed by atoms with E-state index in [9.17, 15) is 9.59 Å². The Morgan fingerprint density at radius 1 is 1.22 bits per heavy atom. The highest BCUT2D eigenvalue weighted by atomic mass is 28.4. The largest absolute Gasteiger partial charge is 0.394 e. The molecular formula is C12H22O5Si. The first kappa shape index (κ1) is 15.3. The lowest BCUT2D eigenvalue weighted by Gasteiger charge is -2.38. The SMILES string of the molecule is CCCC1([Si](C)(OCC)OCC)CC(=O)OC1=O. The lowest BCUT2D eigenvalue weighted by molar-refractivity contribution is -0.153. The van der Waals surface area contributed by atoms with Crippen LogP contribution in [0.2, 0.25) is 11.6 Å². The molecule has 0 aliphatic carbocycles. The number of carbonyl (C=O) groups is 2. The fourth-order valence-corrected chi connectivity index (χ4v) is 5.94. The summed E-state index contributed by atoms with van der Waals surface area (Å²) in [7, 11) is -2.79. The number of carbonyl (C=O) groups excluding carboxylic acids is 2. The highest BCUT2D eigenvalue weighted by molar-refractivity contribution is 6.74. The molecule has 1 atom stereocenters. The summed E-state index contributed by atoms with van der Waals surface area (Å²) < 4.78 is 16.3. The summed E-state index contributed by atoms with van der Waals surface area (Å²) in [4.78, 5) is 23.6. The van der Waals surface area contributed by atoms with Gasteiger partial charge in [0.25, 0.3) is 0 Å². The molecule has 1 saturated heterocycles. The maximum Gasteiger partial charge on any atom is 0.353 e. The van der Waals surface area contributed by atoms with Gasteiger partial charge in [0, 0.05) is 13.2 Å². The summed E-state index contributed by atoms with van der Waals surface area (Å²) >= 11 is 0. The van der Waals surface area contributed by atoms with E-state index in [4.69, 9.17) is 13.6 Å². The third-order valence-corrected chi connectivity index (χ3v) is 7.48. The fourth-order valence-electron chi connectivity index (χ4n) is 2.61. The minimum atomic E-state index is -2.79. The van der Waals surface area contributed by atoms with E-state index in [1.165, 1.54) is 0 Å². The summed E-state index contributed by atoms with van der Waals surface area (Å²) in [6.07, 6.45) is 1.44. The number of rotatable bonds is 7. The van der Waals surface area contributed by atoms with Crippen LogP contribution in [0.15, 0.2) is 0 Å². The Kier molecular flexibility index (Phi) is 5.07. The normalized spacial score (nSPS) is 24.4. The second-order valence-corrected chi connectivity index (χ2v) is 8.01. The lowest BCUT2D eigenvalue weighted by Crippen LogP contribution is -2.53. The quantitative estimate of drug-likeness (QED) is 0.404. The van der Waals surface area contributed by atoms with E-state index in [0.717, 1.165) is 6.42 Å². The van der Waals surface area contributed by atoms with Gasteiger partial charge < -0.3 is 13.6 Å². The monoisotopic (exact) mass is 274 g/mol. The molecule has 1 heterocycles. The van der Waals surface area contributed by atoms with Gasteiger partial charge in [-0.05, 0) is 26.8 Å². The zero-order chi connectivity index (χ0) is 13.8. The zero-order valence-electron chi connectivity index (χ0n) is 11.6. The van der Waals surface area contributed by atoms with Crippen LogP contribution in [0.3, 0.4) is 0 Å². The van der Waals surface area contributed by atoms with Crippen LogP contribution in [0.25, 0.3) is 0 Å². The summed E-state index contributed by atoms with van der Waals surface area (Å²) in [5.41, 5.74) is 0. The fraction of sp³-hybridized carbons (Fsp3) is 0.833. The number of hydrogen-bond acceptors (Lipinski definition) is 5. The van der Waals surface area contributed by atoms with Gasteiger partial charge in [0.05, 0.1) is 6.42 Å². The van der Waals surface area contributed by atoms with Crippen LogP contribution in [0, 0.1) is 0 Å². The van der Waals surface area contributed by atoms with E-state index in [1.807, 2.05) is 27.3 Å². The first-order valence-corrected chi connectivity index (χ1v) is 8.80. The molecule has 104 valence electrons. The number of esters is 2. The molecule has 0 radical (unpaired) electrons. The Morgan fingerprint density at radius 2 is 1.78 bits per heavy atom. The highest BCUT2D eigenvalue weighted by Gasteiger charge is 2.64. The molecule has 0 amide bonds. The molecule has 0 aromatic heterocycles. The van der Waals surface area contributed by atoms with Crippen molar-refractivity contribution in [2.45, 2.75) is 51.6 Å². The van der Waals surface area contributed by atoms with Gasteiger partial charge in [-0.1, -0.05) is 13.3 Å². The Hall–Kier alpha value is -0.723. The number of cyclic esters (lactones) is 2. The van der Waals surface area contributed by atoms with Gasteiger partial charge in [-0.25, -0.2) is 0 Å². The maximum absolute atomic E-state index is 12.1. The second kappa shape index (κ2) is 5.95. The summed E-state index contributed by atoms with van der Waals surface area (Å²) in [5.74, 6) is -0.933. The predicted molar refractivity (Wildman–Crippen MR) is 68.2 cm³/mol. The molecule has 6 heteroatoms. The third kappa shape index (κ3) is 2.50. The molecule has 0 aromatic rings. The smallest absolute Gasteiger partial charge is 0.353 e. The molecule has 0 bridgehead atoms. The van der Waals surface area contributed by atoms with Gasteiger partial charge in [0.2, 0.25) is 0 Å². The van der Waals surface area contributed by atoms with Gasteiger partial charge in [0.15, 0.2) is 0 Å². The van der Waals surface area contributed by atoms with Gasteiger partial charge >= 0.3 is 20.5 Å². The van der Waals surface area contributed by atoms with Gasteiger partial charge in [-0.3, -0.25) is 9.59 Å². The van der Waals surface area contributed by atoms with Gasteiger partial charge in [-0.15, -0.1) is 0 Å². The number of ether oxygens (including phenoxy) is 1. The molecule has 0 saturated carbocycles. The van der Waals surface area contributed by atoms with E-state index in [2.05, 4.69) is 0 Å². The van der Waals surface area contributed by atoms with E-state index in [0.29, 0.717) is 19.6 Å². The molecule has 18 heavy (non-hydrogen) atoms. The van der Waals surface area contributed by atoms with Crippen LogP contribution in [0.1, 0.15) is 40.0 Å². The lowest BCUT2D eigenvalue weighted by atomic mass is 10.0. The Bertz CT molecular complexity index is 324. The maximum atomic E-state index is 12.1. The minimum Gasteiger partial charge on any atom is -0.394 e. The van der Waals surface area contributed by atoms with Crippen molar-refractivity contribution in [3.63, 3.8) is 0 Å². The molecular weight excluding hydrogens is 252 g/mol. The van der Waals surface area contributed by atoms with E-state index in [-0.39, 0.29) is 6.42 Å². The van der Waals surface area contributed by atoms with Crippen molar-refractivity contribution in [3.8, 4) is 0 Å². The first-order valence-electron chi connectivity index (χ1n) is 6.48. The molecule has 1 rings (SSSR count). The van der Waals surface area contributed by atoms with Crippen LogP contribution < -0.4 is 0 Å². The van der Waals surface area contributed by atoms with Gasteiger partial charge in [-0.2, -0.15) is 0 Å². The van der Waals surface area contributed by atoms with Crippen molar-refractivity contribution in [1.29, 1.82) is 0 Å². The minimum absolute atomic E-state index is 0.0857. The van der Waals surface area contributed by atoms with Crippen LogP contribution in [-0.2, 0) is 23.2 Å². The second-order valence-electron chi connectivity index (χ2n) is 4.58. The standard InChI is InChI=1S/C12H22O5Si/c1-5-8-12(9-10(13)17-11(12)14)18(4,15-6-2)16-7-3/h5-9H2,1-4H3. The number of hydrogen-bond donors (Lipinski definition) is 0. The van der Waals surface area contributed by atoms with E-state index < -0.39 is 25.5 Å². The molecule has 1 aliphatic rings. The third-order valence-electron chi connectivity index (χ3n) is 3.43. The summed E-state index contributed by atoms with van der Waals surface area (Å²) in [6, 6.07) is 0. The van der Waals surface area contributed by atoms with Crippen molar-refractivity contribution in [1.82, 2.24) is 0 Å². The molecule has 5 nitrogen and oxygen atoms in total.